The van der Waals surface area contributed by atoms with Crippen molar-refractivity contribution in [2.45, 2.75) is 20.0 Å². The van der Waals surface area contributed by atoms with E-state index >= 15 is 0 Å². The molecule has 0 amide bonds. The normalized spacial score (nSPS) is 12.0. The van der Waals surface area contributed by atoms with E-state index in [1.165, 1.54) is 12.1 Å². The van der Waals surface area contributed by atoms with Gasteiger partial charge in [-0.3, -0.25) is 0 Å². The highest BCUT2D eigenvalue weighted by molar-refractivity contribution is 5.33. The van der Waals surface area contributed by atoms with Crippen molar-refractivity contribution in [1.29, 1.82) is 0 Å². The molecule has 2 aromatic carbocycles. The number of aliphatic hydroxyl groups excluding tert-OH is 1. The summed E-state index contributed by atoms with van der Waals surface area (Å²) in [6.07, 6.45) is -0.745. The van der Waals surface area contributed by atoms with Crippen LogP contribution >= 0.6 is 0 Å². The number of aliphatic hydroxyl groups is 1. The van der Waals surface area contributed by atoms with Crippen LogP contribution in [0, 0.1) is 12.7 Å². The smallest absolute Gasteiger partial charge is 0.123 e. The van der Waals surface area contributed by atoms with Gasteiger partial charge in [0.25, 0.3) is 0 Å². The highest BCUT2D eigenvalue weighted by Crippen LogP contribution is 2.22. The molecular formula is C17H19FO3. The van der Waals surface area contributed by atoms with Gasteiger partial charge in [-0.2, -0.15) is 0 Å². The maximum Gasteiger partial charge on any atom is 0.123 e. The standard InChI is InChI=1S/C17H19FO3/c1-3-20-15-7-4-13(5-8-15)16(19)11-21-17-9-6-14(18)10-12(17)2/h4-10,16,19H,3,11H2,1-2H3. The summed E-state index contributed by atoms with van der Waals surface area (Å²) in [6, 6.07) is 11.5. The third-order valence-electron chi connectivity index (χ3n) is 3.11. The molecule has 0 fully saturated rings. The first-order chi connectivity index (χ1) is 10.1. The van der Waals surface area contributed by atoms with Gasteiger partial charge in [-0.15, -0.1) is 0 Å². The molecule has 0 spiro atoms. The summed E-state index contributed by atoms with van der Waals surface area (Å²) < 4.78 is 23.9. The zero-order valence-electron chi connectivity index (χ0n) is 12.2. The Morgan fingerprint density at radius 1 is 1.10 bits per heavy atom. The van der Waals surface area contributed by atoms with Gasteiger partial charge in [0.15, 0.2) is 0 Å². The Labute approximate surface area is 124 Å². The van der Waals surface area contributed by atoms with Crippen LogP contribution in [0.5, 0.6) is 11.5 Å². The number of benzene rings is 2. The first-order valence-corrected chi connectivity index (χ1v) is 6.90. The summed E-state index contributed by atoms with van der Waals surface area (Å²) in [7, 11) is 0. The molecule has 0 aliphatic carbocycles. The van der Waals surface area contributed by atoms with E-state index in [1.807, 2.05) is 19.1 Å². The molecule has 2 aromatic rings. The molecule has 0 saturated heterocycles. The summed E-state index contributed by atoms with van der Waals surface area (Å²) in [5.41, 5.74) is 1.45. The zero-order valence-corrected chi connectivity index (χ0v) is 12.2. The molecule has 2 rings (SSSR count). The van der Waals surface area contributed by atoms with Gasteiger partial charge in [-0.25, -0.2) is 4.39 Å². The summed E-state index contributed by atoms with van der Waals surface area (Å²) >= 11 is 0. The van der Waals surface area contributed by atoms with E-state index in [0.717, 1.165) is 11.3 Å². The number of hydrogen-bond donors (Lipinski definition) is 1. The Kier molecular flexibility index (Phi) is 5.17. The van der Waals surface area contributed by atoms with Crippen molar-refractivity contribution in [2.75, 3.05) is 13.2 Å². The van der Waals surface area contributed by atoms with Crippen molar-refractivity contribution < 1.29 is 19.0 Å². The van der Waals surface area contributed by atoms with E-state index in [0.29, 0.717) is 17.9 Å². The molecule has 0 bridgehead atoms. The number of halogens is 1. The van der Waals surface area contributed by atoms with Crippen molar-refractivity contribution in [3.63, 3.8) is 0 Å². The topological polar surface area (TPSA) is 38.7 Å². The highest BCUT2D eigenvalue weighted by Gasteiger charge is 2.10. The lowest BCUT2D eigenvalue weighted by molar-refractivity contribution is 0.107. The molecule has 1 unspecified atom stereocenters. The van der Waals surface area contributed by atoms with Gasteiger partial charge in [0, 0.05) is 0 Å². The molecular weight excluding hydrogens is 271 g/mol. The van der Waals surface area contributed by atoms with E-state index in [-0.39, 0.29) is 12.4 Å². The molecule has 0 radical (unpaired) electrons. The average molecular weight is 290 g/mol. The van der Waals surface area contributed by atoms with Crippen molar-refractivity contribution in [2.24, 2.45) is 0 Å². The van der Waals surface area contributed by atoms with Gasteiger partial charge in [-0.05, 0) is 55.3 Å². The van der Waals surface area contributed by atoms with E-state index in [2.05, 4.69) is 0 Å². The van der Waals surface area contributed by atoms with Crippen molar-refractivity contribution >= 4 is 0 Å². The Hall–Kier alpha value is -2.07. The van der Waals surface area contributed by atoms with Crippen molar-refractivity contribution in [1.82, 2.24) is 0 Å². The second-order valence-electron chi connectivity index (χ2n) is 4.74. The molecule has 0 aromatic heterocycles. The average Bonchev–Trinajstić information content (AvgIpc) is 2.47. The van der Waals surface area contributed by atoms with Crippen molar-refractivity contribution in [3.8, 4) is 11.5 Å². The summed E-state index contributed by atoms with van der Waals surface area (Å²) in [6.45, 7) is 4.40. The molecule has 0 saturated carbocycles. The van der Waals surface area contributed by atoms with Crippen LogP contribution in [0.2, 0.25) is 0 Å². The molecule has 0 aliphatic rings. The third kappa shape index (κ3) is 4.20. The molecule has 112 valence electrons. The lowest BCUT2D eigenvalue weighted by atomic mass is 10.1. The molecule has 4 heteroatoms. The Morgan fingerprint density at radius 2 is 1.81 bits per heavy atom. The number of ether oxygens (including phenoxy) is 2. The third-order valence-corrected chi connectivity index (χ3v) is 3.11. The quantitative estimate of drug-likeness (QED) is 0.882. The minimum atomic E-state index is -0.745. The fourth-order valence-corrected chi connectivity index (χ4v) is 1.99. The Bertz CT molecular complexity index is 581. The maximum atomic E-state index is 13.0. The molecule has 1 atom stereocenters. The lowest BCUT2D eigenvalue weighted by Crippen LogP contribution is -2.10. The van der Waals surface area contributed by atoms with Gasteiger partial charge >= 0.3 is 0 Å². The van der Waals surface area contributed by atoms with Crippen LogP contribution in [0.15, 0.2) is 42.5 Å². The second-order valence-corrected chi connectivity index (χ2v) is 4.74. The van der Waals surface area contributed by atoms with Crippen LogP contribution in [0.3, 0.4) is 0 Å². The SMILES string of the molecule is CCOc1ccc(C(O)COc2ccc(F)cc2C)cc1. The molecule has 0 heterocycles. The number of rotatable bonds is 6. The molecule has 0 aliphatic heterocycles. The largest absolute Gasteiger partial charge is 0.494 e. The number of hydrogen-bond acceptors (Lipinski definition) is 3. The van der Waals surface area contributed by atoms with Gasteiger partial charge in [0.1, 0.15) is 30.0 Å². The minimum absolute atomic E-state index is 0.112. The van der Waals surface area contributed by atoms with E-state index in [4.69, 9.17) is 9.47 Å². The van der Waals surface area contributed by atoms with Crippen LogP contribution < -0.4 is 9.47 Å². The van der Waals surface area contributed by atoms with Crippen LogP contribution in [0.4, 0.5) is 4.39 Å². The fraction of sp³-hybridized carbons (Fsp3) is 0.294. The predicted octanol–water partition coefficient (Wildman–Crippen LogP) is 3.65. The van der Waals surface area contributed by atoms with Gasteiger partial charge < -0.3 is 14.6 Å². The van der Waals surface area contributed by atoms with Crippen LogP contribution in [-0.4, -0.2) is 18.3 Å². The monoisotopic (exact) mass is 290 g/mol. The van der Waals surface area contributed by atoms with Gasteiger partial charge in [0.05, 0.1) is 6.61 Å². The van der Waals surface area contributed by atoms with Gasteiger partial charge in [0.2, 0.25) is 0 Å². The molecule has 1 N–H and O–H groups in total. The van der Waals surface area contributed by atoms with Crippen LogP contribution in [0.1, 0.15) is 24.2 Å². The minimum Gasteiger partial charge on any atom is -0.494 e. The first kappa shape index (κ1) is 15.3. The summed E-state index contributed by atoms with van der Waals surface area (Å²) in [4.78, 5) is 0. The van der Waals surface area contributed by atoms with E-state index < -0.39 is 6.10 Å². The maximum absolute atomic E-state index is 13.0. The highest BCUT2D eigenvalue weighted by atomic mass is 19.1. The lowest BCUT2D eigenvalue weighted by Gasteiger charge is -2.14. The van der Waals surface area contributed by atoms with Gasteiger partial charge in [-0.1, -0.05) is 12.1 Å². The molecule has 21 heavy (non-hydrogen) atoms. The van der Waals surface area contributed by atoms with Crippen LogP contribution in [0.25, 0.3) is 0 Å². The van der Waals surface area contributed by atoms with Crippen LogP contribution in [-0.2, 0) is 0 Å². The van der Waals surface area contributed by atoms with E-state index in [1.54, 1.807) is 25.1 Å². The van der Waals surface area contributed by atoms with Crippen molar-refractivity contribution in [3.05, 3.63) is 59.4 Å². The second kappa shape index (κ2) is 7.09. The number of aryl methyl sites for hydroxylation is 1. The fourth-order valence-electron chi connectivity index (χ4n) is 1.99. The van der Waals surface area contributed by atoms with E-state index in [9.17, 15) is 9.50 Å². The summed E-state index contributed by atoms with van der Waals surface area (Å²) in [5, 5.41) is 10.1. The predicted molar refractivity (Wildman–Crippen MR) is 79.2 cm³/mol. The Balaban J connectivity index is 1.96. The molecule has 3 nitrogen and oxygen atoms in total. The first-order valence-electron chi connectivity index (χ1n) is 6.90. The Morgan fingerprint density at radius 3 is 2.43 bits per heavy atom. The summed E-state index contributed by atoms with van der Waals surface area (Å²) in [5.74, 6) is 1.04. The zero-order chi connectivity index (χ0) is 15.2.